The minimum absolute atomic E-state index is 0.0677. The number of benzene rings is 1. The number of ether oxygens (including phenoxy) is 1. The van der Waals surface area contributed by atoms with E-state index in [0.29, 0.717) is 13.2 Å². The van der Waals surface area contributed by atoms with Gasteiger partial charge in [-0.2, -0.15) is 0 Å². The second kappa shape index (κ2) is 6.56. The van der Waals surface area contributed by atoms with E-state index in [4.69, 9.17) is 9.84 Å². The molecular weight excluding hydrogens is 254 g/mol. The third-order valence-corrected chi connectivity index (χ3v) is 3.39. The molecule has 2 N–H and O–H groups in total. The van der Waals surface area contributed by atoms with Crippen molar-refractivity contribution >= 4 is 5.91 Å². The van der Waals surface area contributed by atoms with Gasteiger partial charge in [0, 0.05) is 18.7 Å². The molecule has 1 fully saturated rings. The first-order valence-electron chi connectivity index (χ1n) is 6.75. The zero-order chi connectivity index (χ0) is 14.4. The van der Waals surface area contributed by atoms with E-state index in [9.17, 15) is 4.79 Å². The predicted molar refractivity (Wildman–Crippen MR) is 75.8 cm³/mol. The molecule has 0 radical (unpaired) electrons. The van der Waals surface area contributed by atoms with Crippen LogP contribution in [0.1, 0.15) is 30.9 Å². The molecular formula is C16H19NO3. The molecule has 0 saturated carbocycles. The van der Waals surface area contributed by atoms with Gasteiger partial charge >= 0.3 is 0 Å². The normalized spacial score (nSPS) is 21.1. The summed E-state index contributed by atoms with van der Waals surface area (Å²) < 4.78 is 5.51. The summed E-state index contributed by atoms with van der Waals surface area (Å²) in [5.74, 6) is 5.39. The fourth-order valence-electron chi connectivity index (χ4n) is 2.23. The summed E-state index contributed by atoms with van der Waals surface area (Å²) in [5, 5.41) is 11.6. The van der Waals surface area contributed by atoms with Crippen molar-refractivity contribution in [2.24, 2.45) is 0 Å². The highest BCUT2D eigenvalue weighted by Crippen LogP contribution is 2.25. The standard InChI is InChI=1S/C16H19NO3/c1-16(8-4-10-20-16)15(19)17-12-14-6-2-5-13(11-14)7-3-9-18/h2,5-6,11,18H,4,8-10,12H2,1H3,(H,17,19). The van der Waals surface area contributed by atoms with Crippen LogP contribution in [0.4, 0.5) is 0 Å². The minimum Gasteiger partial charge on any atom is -0.384 e. The van der Waals surface area contributed by atoms with Gasteiger partial charge in [0.05, 0.1) is 0 Å². The molecule has 4 nitrogen and oxygen atoms in total. The van der Waals surface area contributed by atoms with E-state index in [2.05, 4.69) is 17.2 Å². The van der Waals surface area contributed by atoms with Gasteiger partial charge in [0.1, 0.15) is 12.2 Å². The maximum Gasteiger partial charge on any atom is 0.252 e. The van der Waals surface area contributed by atoms with E-state index < -0.39 is 5.60 Å². The number of amides is 1. The zero-order valence-corrected chi connectivity index (χ0v) is 11.6. The fourth-order valence-corrected chi connectivity index (χ4v) is 2.23. The van der Waals surface area contributed by atoms with Gasteiger partial charge in [0.15, 0.2) is 0 Å². The Kier molecular flexibility index (Phi) is 4.78. The van der Waals surface area contributed by atoms with Crippen LogP contribution >= 0.6 is 0 Å². The molecule has 4 heteroatoms. The molecule has 1 atom stereocenters. The third kappa shape index (κ3) is 3.60. The lowest BCUT2D eigenvalue weighted by Gasteiger charge is -2.21. The van der Waals surface area contributed by atoms with E-state index in [0.717, 1.165) is 24.0 Å². The second-order valence-corrected chi connectivity index (χ2v) is 5.03. The lowest BCUT2D eigenvalue weighted by atomic mass is 10.0. The number of carbonyl (C=O) groups is 1. The van der Waals surface area contributed by atoms with Crippen LogP contribution in [-0.2, 0) is 16.1 Å². The van der Waals surface area contributed by atoms with Crippen LogP contribution in [0.5, 0.6) is 0 Å². The third-order valence-electron chi connectivity index (χ3n) is 3.39. The van der Waals surface area contributed by atoms with E-state index in [1.165, 1.54) is 0 Å². The van der Waals surface area contributed by atoms with Crippen molar-refractivity contribution in [2.75, 3.05) is 13.2 Å². The van der Waals surface area contributed by atoms with Crippen LogP contribution in [0, 0.1) is 11.8 Å². The molecule has 1 saturated heterocycles. The molecule has 1 aromatic rings. The number of rotatable bonds is 3. The van der Waals surface area contributed by atoms with Crippen LogP contribution in [-0.4, -0.2) is 29.8 Å². The maximum atomic E-state index is 12.1. The summed E-state index contributed by atoms with van der Waals surface area (Å²) in [6, 6.07) is 7.59. The number of nitrogens with one attached hydrogen (secondary N) is 1. The van der Waals surface area contributed by atoms with Gasteiger partial charge in [0.2, 0.25) is 0 Å². The Morgan fingerprint density at radius 2 is 2.40 bits per heavy atom. The van der Waals surface area contributed by atoms with Crippen molar-refractivity contribution in [2.45, 2.75) is 31.9 Å². The lowest BCUT2D eigenvalue weighted by Crippen LogP contribution is -2.43. The molecule has 1 unspecified atom stereocenters. The highest BCUT2D eigenvalue weighted by molar-refractivity contribution is 5.84. The first kappa shape index (κ1) is 14.6. The van der Waals surface area contributed by atoms with Crippen molar-refractivity contribution in [3.63, 3.8) is 0 Å². The van der Waals surface area contributed by atoms with Gasteiger partial charge in [-0.25, -0.2) is 0 Å². The molecule has 1 aliphatic heterocycles. The average molecular weight is 273 g/mol. The van der Waals surface area contributed by atoms with Crippen LogP contribution in [0.3, 0.4) is 0 Å². The monoisotopic (exact) mass is 273 g/mol. The minimum atomic E-state index is -0.686. The molecule has 2 rings (SSSR count). The number of carbonyl (C=O) groups excluding carboxylic acids is 1. The fraction of sp³-hybridized carbons (Fsp3) is 0.438. The summed E-state index contributed by atoms with van der Waals surface area (Å²) >= 11 is 0. The van der Waals surface area contributed by atoms with Crippen molar-refractivity contribution in [3.8, 4) is 11.8 Å². The van der Waals surface area contributed by atoms with Crippen LogP contribution in [0.2, 0.25) is 0 Å². The Bertz CT molecular complexity index is 536. The van der Waals surface area contributed by atoms with Crippen LogP contribution in [0.15, 0.2) is 24.3 Å². The highest BCUT2D eigenvalue weighted by Gasteiger charge is 2.37. The summed E-state index contributed by atoms with van der Waals surface area (Å²) in [7, 11) is 0. The first-order valence-corrected chi connectivity index (χ1v) is 6.75. The van der Waals surface area contributed by atoms with Crippen molar-refractivity contribution in [3.05, 3.63) is 35.4 Å². The van der Waals surface area contributed by atoms with Gasteiger partial charge in [-0.1, -0.05) is 24.0 Å². The van der Waals surface area contributed by atoms with Crippen LogP contribution < -0.4 is 5.32 Å². The second-order valence-electron chi connectivity index (χ2n) is 5.03. The molecule has 1 aromatic carbocycles. The summed E-state index contributed by atoms with van der Waals surface area (Å²) in [6.07, 6.45) is 1.69. The Morgan fingerprint density at radius 3 is 3.10 bits per heavy atom. The number of aliphatic hydroxyl groups excluding tert-OH is 1. The molecule has 1 heterocycles. The van der Waals surface area contributed by atoms with Gasteiger partial charge in [-0.15, -0.1) is 0 Å². The largest absolute Gasteiger partial charge is 0.384 e. The number of aliphatic hydroxyl groups is 1. The maximum absolute atomic E-state index is 12.1. The topological polar surface area (TPSA) is 58.6 Å². The lowest BCUT2D eigenvalue weighted by molar-refractivity contribution is -0.139. The Labute approximate surface area is 119 Å². The van der Waals surface area contributed by atoms with E-state index in [-0.39, 0.29) is 12.5 Å². The summed E-state index contributed by atoms with van der Waals surface area (Å²) in [4.78, 5) is 12.1. The average Bonchev–Trinajstić information content (AvgIpc) is 2.91. The van der Waals surface area contributed by atoms with E-state index >= 15 is 0 Å². The van der Waals surface area contributed by atoms with Crippen LogP contribution in [0.25, 0.3) is 0 Å². The Balaban J connectivity index is 1.95. The highest BCUT2D eigenvalue weighted by atomic mass is 16.5. The Morgan fingerprint density at radius 1 is 1.55 bits per heavy atom. The van der Waals surface area contributed by atoms with Crippen molar-refractivity contribution in [1.29, 1.82) is 0 Å². The van der Waals surface area contributed by atoms with Gasteiger partial charge in [-0.05, 0) is 37.5 Å². The smallest absolute Gasteiger partial charge is 0.252 e. The van der Waals surface area contributed by atoms with Gasteiger partial charge in [0.25, 0.3) is 5.91 Å². The van der Waals surface area contributed by atoms with Gasteiger partial charge < -0.3 is 15.2 Å². The van der Waals surface area contributed by atoms with Gasteiger partial charge in [-0.3, -0.25) is 4.79 Å². The molecule has 1 aliphatic rings. The molecule has 0 bridgehead atoms. The molecule has 0 spiro atoms. The number of hydrogen-bond acceptors (Lipinski definition) is 3. The zero-order valence-electron chi connectivity index (χ0n) is 11.6. The molecule has 0 aliphatic carbocycles. The molecule has 0 aromatic heterocycles. The molecule has 20 heavy (non-hydrogen) atoms. The van der Waals surface area contributed by atoms with Crippen molar-refractivity contribution < 1.29 is 14.6 Å². The van der Waals surface area contributed by atoms with Crippen molar-refractivity contribution in [1.82, 2.24) is 5.32 Å². The summed E-state index contributed by atoms with van der Waals surface area (Å²) in [6.45, 7) is 2.78. The quantitative estimate of drug-likeness (QED) is 0.814. The number of hydrogen-bond donors (Lipinski definition) is 2. The predicted octanol–water partition coefficient (Wildman–Crippen LogP) is 1.22. The molecule has 106 valence electrons. The Hall–Kier alpha value is -1.83. The van der Waals surface area contributed by atoms with E-state index in [1.807, 2.05) is 31.2 Å². The SMILES string of the molecule is CC1(C(=O)NCc2cccc(C#CCO)c2)CCCO1. The van der Waals surface area contributed by atoms with E-state index in [1.54, 1.807) is 0 Å². The molecule has 1 amide bonds. The summed E-state index contributed by atoms with van der Waals surface area (Å²) in [5.41, 5.74) is 1.12. The first-order chi connectivity index (χ1) is 9.64.